The van der Waals surface area contributed by atoms with E-state index in [0.29, 0.717) is 29.4 Å². The molecule has 0 bridgehead atoms. The first-order valence-electron chi connectivity index (χ1n) is 8.70. The van der Waals surface area contributed by atoms with Gasteiger partial charge in [0.1, 0.15) is 5.69 Å². The molecule has 0 unspecified atom stereocenters. The van der Waals surface area contributed by atoms with Crippen LogP contribution in [0.4, 0.5) is 0 Å². The fourth-order valence-corrected chi connectivity index (χ4v) is 2.30. The molecule has 26 heavy (non-hydrogen) atoms. The summed E-state index contributed by atoms with van der Waals surface area (Å²) >= 11 is 0. The van der Waals surface area contributed by atoms with Gasteiger partial charge in [-0.05, 0) is 37.6 Å². The molecule has 2 aromatic rings. The molecule has 0 atom stereocenters. The first kappa shape index (κ1) is 19.1. The van der Waals surface area contributed by atoms with E-state index in [0.717, 1.165) is 17.8 Å². The summed E-state index contributed by atoms with van der Waals surface area (Å²) in [5.41, 5.74) is 3.12. The predicted octanol–water partition coefficient (Wildman–Crippen LogP) is 4.23. The van der Waals surface area contributed by atoms with Crippen molar-refractivity contribution in [2.75, 3.05) is 13.6 Å². The number of allylic oxidation sites excluding steroid dienone is 5. The molecule has 6 heteroatoms. The molecule has 2 aromatic heterocycles. The number of likely N-dealkylation sites (N-methyl/N-ethyl adjacent to an activating group) is 1. The zero-order valence-corrected chi connectivity index (χ0v) is 15.6. The molecule has 1 aliphatic rings. The molecule has 3 rings (SSSR count). The van der Waals surface area contributed by atoms with Crippen LogP contribution < -0.4 is 0 Å². The van der Waals surface area contributed by atoms with Crippen LogP contribution in [0.5, 0.6) is 0 Å². The second kappa shape index (κ2) is 9.33. The highest BCUT2D eigenvalue weighted by Crippen LogP contribution is 2.26. The van der Waals surface area contributed by atoms with Crippen LogP contribution in [0.25, 0.3) is 17.2 Å². The van der Waals surface area contributed by atoms with E-state index in [1.54, 1.807) is 6.20 Å². The van der Waals surface area contributed by atoms with Crippen LogP contribution in [0.15, 0.2) is 58.4 Å². The van der Waals surface area contributed by atoms with Gasteiger partial charge in [-0.3, -0.25) is 4.98 Å². The van der Waals surface area contributed by atoms with Crippen molar-refractivity contribution >= 4 is 5.57 Å². The Kier molecular flexibility index (Phi) is 6.86. The lowest BCUT2D eigenvalue weighted by Crippen LogP contribution is -2.15. The second-order valence-electron chi connectivity index (χ2n) is 5.37. The number of nitriles is 1. The molecule has 1 aliphatic carbocycles. The average molecular weight is 349 g/mol. The van der Waals surface area contributed by atoms with Crippen molar-refractivity contribution in [2.45, 2.75) is 27.2 Å². The zero-order valence-electron chi connectivity index (χ0n) is 15.6. The summed E-state index contributed by atoms with van der Waals surface area (Å²) < 4.78 is 5.34. The Labute approximate surface area is 154 Å². The van der Waals surface area contributed by atoms with E-state index in [-0.39, 0.29) is 0 Å². The van der Waals surface area contributed by atoms with E-state index < -0.39 is 0 Å². The summed E-state index contributed by atoms with van der Waals surface area (Å²) in [4.78, 5) is 10.7. The van der Waals surface area contributed by atoms with Gasteiger partial charge in [0.15, 0.2) is 5.82 Å². The van der Waals surface area contributed by atoms with Gasteiger partial charge in [0, 0.05) is 31.1 Å². The molecule has 0 radical (unpaired) electrons. The third-order valence-electron chi connectivity index (χ3n) is 3.81. The van der Waals surface area contributed by atoms with Crippen molar-refractivity contribution < 1.29 is 4.52 Å². The Morgan fingerprint density at radius 1 is 1.27 bits per heavy atom. The SMILES string of the molecule is CC.CCN(C)C1=CC(C#N)=CCC(c2noc(-c3ccccn3)n2)=C1. The molecule has 0 amide bonds. The maximum absolute atomic E-state index is 9.24. The second-order valence-corrected chi connectivity index (χ2v) is 5.37. The Bertz CT molecular complexity index is 856. The van der Waals surface area contributed by atoms with Gasteiger partial charge in [0.25, 0.3) is 5.89 Å². The van der Waals surface area contributed by atoms with Gasteiger partial charge < -0.3 is 9.42 Å². The van der Waals surface area contributed by atoms with E-state index in [1.807, 2.05) is 57.3 Å². The quantitative estimate of drug-likeness (QED) is 0.822. The van der Waals surface area contributed by atoms with E-state index in [4.69, 9.17) is 4.52 Å². The van der Waals surface area contributed by atoms with Gasteiger partial charge in [-0.2, -0.15) is 10.2 Å². The number of nitrogens with zero attached hydrogens (tertiary/aromatic N) is 5. The van der Waals surface area contributed by atoms with Gasteiger partial charge in [0.05, 0.1) is 11.6 Å². The third kappa shape index (κ3) is 4.45. The van der Waals surface area contributed by atoms with Crippen molar-refractivity contribution in [2.24, 2.45) is 0 Å². The summed E-state index contributed by atoms with van der Waals surface area (Å²) in [5.74, 6) is 0.899. The minimum Gasteiger partial charge on any atom is -0.375 e. The summed E-state index contributed by atoms with van der Waals surface area (Å²) in [6.45, 7) is 6.89. The molecular weight excluding hydrogens is 326 g/mol. The summed E-state index contributed by atoms with van der Waals surface area (Å²) in [5, 5.41) is 13.3. The van der Waals surface area contributed by atoms with Gasteiger partial charge in [0.2, 0.25) is 0 Å². The van der Waals surface area contributed by atoms with Crippen LogP contribution in [0.2, 0.25) is 0 Å². The van der Waals surface area contributed by atoms with E-state index in [2.05, 4.69) is 33.0 Å². The molecule has 0 spiro atoms. The van der Waals surface area contributed by atoms with Gasteiger partial charge >= 0.3 is 0 Å². The highest BCUT2D eigenvalue weighted by atomic mass is 16.5. The lowest BCUT2D eigenvalue weighted by molar-refractivity contribution is 0.426. The third-order valence-corrected chi connectivity index (χ3v) is 3.81. The van der Waals surface area contributed by atoms with Gasteiger partial charge in [-0.1, -0.05) is 31.1 Å². The zero-order chi connectivity index (χ0) is 18.9. The summed E-state index contributed by atoms with van der Waals surface area (Å²) in [6, 6.07) is 7.73. The van der Waals surface area contributed by atoms with Crippen molar-refractivity contribution in [3.63, 3.8) is 0 Å². The van der Waals surface area contributed by atoms with Gasteiger partial charge in [-0.25, -0.2) is 0 Å². The molecule has 0 saturated carbocycles. The van der Waals surface area contributed by atoms with Crippen molar-refractivity contribution in [1.82, 2.24) is 20.0 Å². The fourth-order valence-electron chi connectivity index (χ4n) is 2.30. The normalized spacial score (nSPS) is 13.3. The van der Waals surface area contributed by atoms with Crippen LogP contribution in [0, 0.1) is 11.3 Å². The lowest BCUT2D eigenvalue weighted by Gasteiger charge is -2.18. The Morgan fingerprint density at radius 2 is 2.08 bits per heavy atom. The van der Waals surface area contributed by atoms with Crippen LogP contribution in [-0.2, 0) is 0 Å². The van der Waals surface area contributed by atoms with Gasteiger partial charge in [-0.15, -0.1) is 0 Å². The average Bonchev–Trinajstić information content (AvgIpc) is 3.10. The maximum Gasteiger partial charge on any atom is 0.276 e. The minimum atomic E-state index is 0.384. The van der Waals surface area contributed by atoms with Crippen molar-refractivity contribution in [3.05, 3.63) is 59.7 Å². The monoisotopic (exact) mass is 349 g/mol. The minimum absolute atomic E-state index is 0.384. The number of aromatic nitrogens is 3. The molecule has 134 valence electrons. The highest BCUT2D eigenvalue weighted by molar-refractivity contribution is 5.67. The molecule has 0 fully saturated rings. The molecular formula is C20H23N5O. The van der Waals surface area contributed by atoms with Crippen LogP contribution in [0.1, 0.15) is 33.0 Å². The number of pyridine rings is 1. The molecule has 0 saturated heterocycles. The lowest BCUT2D eigenvalue weighted by atomic mass is 10.1. The predicted molar refractivity (Wildman–Crippen MR) is 102 cm³/mol. The van der Waals surface area contributed by atoms with Crippen molar-refractivity contribution in [1.29, 1.82) is 5.26 Å². The fraction of sp³-hybridized carbons (Fsp3) is 0.300. The smallest absolute Gasteiger partial charge is 0.276 e. The Balaban J connectivity index is 0.00000117. The highest BCUT2D eigenvalue weighted by Gasteiger charge is 2.16. The molecule has 0 N–H and O–H groups in total. The summed E-state index contributed by atoms with van der Waals surface area (Å²) in [6.07, 6.45) is 8.00. The standard InChI is InChI=1S/C18H17N5O.C2H6/c1-3-23(2)15-10-13(12-19)7-8-14(11-15)17-21-18(24-22-17)16-6-4-5-9-20-16;1-2/h4-7,9-11H,3,8H2,1-2H3;1-2H3. The van der Waals surface area contributed by atoms with E-state index in [9.17, 15) is 5.26 Å². The largest absolute Gasteiger partial charge is 0.375 e. The van der Waals surface area contributed by atoms with Crippen LogP contribution >= 0.6 is 0 Å². The van der Waals surface area contributed by atoms with Crippen LogP contribution in [-0.4, -0.2) is 33.6 Å². The maximum atomic E-state index is 9.24. The van der Waals surface area contributed by atoms with E-state index >= 15 is 0 Å². The Morgan fingerprint density at radius 3 is 2.73 bits per heavy atom. The van der Waals surface area contributed by atoms with E-state index in [1.165, 1.54) is 0 Å². The first-order chi connectivity index (χ1) is 12.7. The van der Waals surface area contributed by atoms with Crippen molar-refractivity contribution in [3.8, 4) is 17.7 Å². The van der Waals surface area contributed by atoms with Crippen LogP contribution in [0.3, 0.4) is 0 Å². The number of hydrogen-bond donors (Lipinski definition) is 0. The summed E-state index contributed by atoms with van der Waals surface area (Å²) in [7, 11) is 1.98. The first-order valence-corrected chi connectivity index (χ1v) is 8.70. The topological polar surface area (TPSA) is 78.8 Å². The molecule has 6 nitrogen and oxygen atoms in total. The molecule has 0 aromatic carbocycles. The number of hydrogen-bond acceptors (Lipinski definition) is 6. The number of rotatable bonds is 4. The Hall–Kier alpha value is -3.20. The molecule has 0 aliphatic heterocycles. The molecule has 2 heterocycles.